The zero-order valence-electron chi connectivity index (χ0n) is 29.2. The fraction of sp³-hybridized carbons (Fsp3) is 0.619. The van der Waals surface area contributed by atoms with Crippen LogP contribution in [0.5, 0.6) is 0 Å². The van der Waals surface area contributed by atoms with Gasteiger partial charge in [-0.25, -0.2) is 0 Å². The quantitative estimate of drug-likeness (QED) is 0.210. The number of hydrogen-bond donors (Lipinski definition) is 0. The Kier molecular flexibility index (Phi) is 7.54. The minimum atomic E-state index is -0.681. The van der Waals surface area contributed by atoms with E-state index in [9.17, 15) is 0 Å². The van der Waals surface area contributed by atoms with Crippen LogP contribution in [-0.4, -0.2) is 20.3 Å². The van der Waals surface area contributed by atoms with E-state index in [-0.39, 0.29) is 0 Å². The molecule has 3 aromatic rings. The molecule has 0 amide bonds. The normalized spacial score (nSPS) is 42.4. The molecule has 2 nitrogen and oxygen atoms in total. The van der Waals surface area contributed by atoms with Crippen molar-refractivity contribution < 1.29 is 0 Å². The van der Waals surface area contributed by atoms with Crippen LogP contribution >= 0.6 is 25.1 Å². The Hall–Kier alpha value is -1.19. The first-order valence-electron chi connectivity index (χ1n) is 18.7. The fourth-order valence-electron chi connectivity index (χ4n) is 14.5. The molecule has 8 fully saturated rings. The van der Waals surface area contributed by atoms with E-state index >= 15 is 0 Å². The average molecular weight is 681 g/mol. The molecule has 0 N–H and O–H groups in total. The third-order valence-electron chi connectivity index (χ3n) is 13.7. The Bertz CT molecular complexity index is 1510. The minimum Gasteiger partial charge on any atom is -0.256 e. The van der Waals surface area contributed by atoms with E-state index in [1.165, 1.54) is 87.9 Å². The van der Waals surface area contributed by atoms with Crippen molar-refractivity contribution in [1.29, 1.82) is 0 Å². The predicted molar refractivity (Wildman–Crippen MR) is 204 cm³/mol. The molecule has 8 aliphatic rings. The smallest absolute Gasteiger partial charge is 0.0695 e. The lowest BCUT2D eigenvalue weighted by Crippen LogP contribution is -2.57. The molecule has 0 spiro atoms. The van der Waals surface area contributed by atoms with Gasteiger partial charge in [0.25, 0.3) is 0 Å². The Labute approximate surface area is 289 Å². The lowest BCUT2D eigenvalue weighted by Gasteiger charge is -2.67. The van der Waals surface area contributed by atoms with E-state index in [2.05, 4.69) is 88.4 Å². The molecule has 5 heteroatoms. The van der Waals surface area contributed by atoms with Crippen molar-refractivity contribution in [3.8, 4) is 0 Å². The number of nitrogens with zero attached hydrogens (tertiary/aromatic N) is 2. The maximum atomic E-state index is 4.94. The van der Waals surface area contributed by atoms with Crippen LogP contribution in [0, 0.1) is 33.5 Å². The molecule has 0 radical (unpaired) electrons. The summed E-state index contributed by atoms with van der Waals surface area (Å²) in [7, 11) is 1.44. The number of pyridine rings is 2. The van der Waals surface area contributed by atoms with Gasteiger partial charge in [0.2, 0.25) is 0 Å². The van der Waals surface area contributed by atoms with Gasteiger partial charge in [-0.1, -0.05) is 64.1 Å². The molecular weight excluding hydrogens is 625 g/mol. The average Bonchev–Trinajstić information content (AvgIpc) is 2.97. The second-order valence-corrected chi connectivity index (χ2v) is 25.7. The standard InChI is InChI=1S/C42H55N2P3/c1-37-17-30-18-38(2,24-37)27-41(21-30,26-37)45-36(46-42-22-31-19-39(3,28-42)25-40(4,20-31)29-42)33-12-6-5-11-32(33)23-47(34-13-7-9-15-43-34)35-14-8-10-16-44-35/h5-16,30-31,36,45-46H,17-29H2,1-4H3. The molecule has 248 valence electrons. The lowest BCUT2D eigenvalue weighted by molar-refractivity contribution is -0.0794. The molecule has 0 aliphatic heterocycles. The van der Waals surface area contributed by atoms with Gasteiger partial charge in [-0.05, 0) is 156 Å². The van der Waals surface area contributed by atoms with Gasteiger partial charge in [-0.3, -0.25) is 9.97 Å². The minimum absolute atomic E-state index is 0.552. The van der Waals surface area contributed by atoms with E-state index in [0.29, 0.717) is 37.4 Å². The van der Waals surface area contributed by atoms with Gasteiger partial charge in [-0.2, -0.15) is 0 Å². The third kappa shape index (κ3) is 5.92. The molecular formula is C42H55N2P3. The molecule has 11 rings (SSSR count). The summed E-state index contributed by atoms with van der Waals surface area (Å²) in [4.78, 5) is 9.89. The molecule has 0 saturated heterocycles. The van der Waals surface area contributed by atoms with Gasteiger partial charge >= 0.3 is 0 Å². The van der Waals surface area contributed by atoms with Crippen LogP contribution in [0.1, 0.15) is 121 Å². The number of aromatic nitrogens is 2. The highest BCUT2D eigenvalue weighted by molar-refractivity contribution is 7.71. The third-order valence-corrected chi connectivity index (χ3v) is 20.4. The van der Waals surface area contributed by atoms with Crippen molar-refractivity contribution in [2.75, 3.05) is 0 Å². The van der Waals surface area contributed by atoms with Crippen LogP contribution in [0.2, 0.25) is 0 Å². The highest BCUT2D eigenvalue weighted by Gasteiger charge is 2.63. The van der Waals surface area contributed by atoms with Crippen LogP contribution < -0.4 is 10.9 Å². The number of benzene rings is 1. The van der Waals surface area contributed by atoms with Crippen molar-refractivity contribution >= 4 is 36.0 Å². The largest absolute Gasteiger partial charge is 0.256 e. The monoisotopic (exact) mass is 680 g/mol. The molecule has 1 aromatic carbocycles. The highest BCUT2D eigenvalue weighted by atomic mass is 31.1. The van der Waals surface area contributed by atoms with Gasteiger partial charge in [0.05, 0.1) is 10.9 Å². The summed E-state index contributed by atoms with van der Waals surface area (Å²) >= 11 is 0. The van der Waals surface area contributed by atoms with Crippen LogP contribution in [-0.2, 0) is 6.16 Å². The summed E-state index contributed by atoms with van der Waals surface area (Å²) in [5.74, 6) is 1.93. The number of hydrogen-bond acceptors (Lipinski definition) is 2. The summed E-state index contributed by atoms with van der Waals surface area (Å²) in [5.41, 5.74) is 8.00. The molecule has 8 saturated carbocycles. The van der Waals surface area contributed by atoms with Crippen molar-refractivity contribution in [1.82, 2.24) is 9.97 Å². The SMILES string of the molecule is CC12CC3CC(C)(C1)CC(PC(PC14CC5CC(C)(CC(C)(C5)C1)C4)c1ccccc1CP(c1ccccn1)c1ccccn1)(C3)C2. The molecule has 6 unspecified atom stereocenters. The Balaban J connectivity index is 1.12. The first-order chi connectivity index (χ1) is 22.4. The van der Waals surface area contributed by atoms with E-state index < -0.39 is 7.92 Å². The van der Waals surface area contributed by atoms with Gasteiger partial charge in [0.1, 0.15) is 0 Å². The zero-order chi connectivity index (χ0) is 32.1. The molecule has 47 heavy (non-hydrogen) atoms. The van der Waals surface area contributed by atoms with Crippen LogP contribution in [0.4, 0.5) is 0 Å². The Morgan fingerprint density at radius 1 is 0.596 bits per heavy atom. The fourth-order valence-corrected chi connectivity index (χ4v) is 23.7. The van der Waals surface area contributed by atoms with Gasteiger partial charge in [0.15, 0.2) is 0 Å². The van der Waals surface area contributed by atoms with Crippen molar-refractivity contribution in [2.45, 2.75) is 127 Å². The maximum absolute atomic E-state index is 4.94. The van der Waals surface area contributed by atoms with Crippen molar-refractivity contribution in [2.24, 2.45) is 33.5 Å². The first kappa shape index (κ1) is 31.8. The van der Waals surface area contributed by atoms with Gasteiger partial charge < -0.3 is 0 Å². The molecule has 8 aliphatic carbocycles. The van der Waals surface area contributed by atoms with E-state index in [0.717, 1.165) is 35.2 Å². The van der Waals surface area contributed by atoms with Gasteiger partial charge in [0, 0.05) is 31.9 Å². The summed E-state index contributed by atoms with van der Waals surface area (Å²) in [6, 6.07) is 22.8. The highest BCUT2D eigenvalue weighted by Crippen LogP contribution is 2.78. The lowest BCUT2D eigenvalue weighted by atomic mass is 9.45. The first-order valence-corrected chi connectivity index (χ1v) is 22.3. The summed E-state index contributed by atoms with van der Waals surface area (Å²) in [6.45, 7) is 10.8. The molecule has 2 heterocycles. The zero-order valence-corrected chi connectivity index (χ0v) is 32.1. The summed E-state index contributed by atoms with van der Waals surface area (Å²) in [5, 5.41) is 1.80. The van der Waals surface area contributed by atoms with Crippen LogP contribution in [0.15, 0.2) is 73.1 Å². The van der Waals surface area contributed by atoms with Crippen LogP contribution in [0.25, 0.3) is 0 Å². The van der Waals surface area contributed by atoms with E-state index in [1.807, 2.05) is 12.4 Å². The van der Waals surface area contributed by atoms with Crippen molar-refractivity contribution in [3.05, 3.63) is 84.2 Å². The topological polar surface area (TPSA) is 25.8 Å². The molecule has 2 aromatic heterocycles. The van der Waals surface area contributed by atoms with E-state index in [1.54, 1.807) is 11.1 Å². The maximum Gasteiger partial charge on any atom is 0.0695 e. The summed E-state index contributed by atoms with van der Waals surface area (Å²) < 4.78 is 0. The Morgan fingerprint density at radius 2 is 1.04 bits per heavy atom. The molecule has 8 bridgehead atoms. The second kappa shape index (κ2) is 11.2. The van der Waals surface area contributed by atoms with Crippen LogP contribution in [0.3, 0.4) is 0 Å². The molecule has 6 atom stereocenters. The predicted octanol–water partition coefficient (Wildman–Crippen LogP) is 11.0. The summed E-state index contributed by atoms with van der Waals surface area (Å²) in [6.07, 6.45) is 23.0. The van der Waals surface area contributed by atoms with Gasteiger partial charge in [-0.15, -0.1) is 17.2 Å². The second-order valence-electron chi connectivity index (χ2n) is 19.2. The van der Waals surface area contributed by atoms with Crippen molar-refractivity contribution in [3.63, 3.8) is 0 Å². The Morgan fingerprint density at radius 3 is 1.47 bits per heavy atom. The number of rotatable bonds is 9. The van der Waals surface area contributed by atoms with E-state index in [4.69, 9.17) is 9.97 Å².